The molecule has 1 saturated carbocycles. The first-order valence-electron chi connectivity index (χ1n) is 12.1. The predicted molar refractivity (Wildman–Crippen MR) is 127 cm³/mol. The largest absolute Gasteiger partial charge is 0.586 e. The highest BCUT2D eigenvalue weighted by atomic mass is 19.3. The van der Waals surface area contributed by atoms with Crippen LogP contribution in [0.25, 0.3) is 0 Å². The number of alkyl halides is 2. The van der Waals surface area contributed by atoms with E-state index in [1.807, 2.05) is 13.8 Å². The smallest absolute Gasteiger partial charge is 0.396 e. The monoisotopic (exact) mass is 522 g/mol. The van der Waals surface area contributed by atoms with E-state index in [1.165, 1.54) is 24.3 Å². The van der Waals surface area contributed by atoms with Gasteiger partial charge in [-0.1, -0.05) is 19.9 Å². The third kappa shape index (κ3) is 4.49. The molecule has 11 heteroatoms. The lowest BCUT2D eigenvalue weighted by Gasteiger charge is -2.39. The number of carbonyl (C=O) groups excluding carboxylic acids is 1. The van der Waals surface area contributed by atoms with Crippen molar-refractivity contribution in [3.05, 3.63) is 47.3 Å². The molecule has 8 nitrogen and oxygen atoms in total. The molecule has 1 amide bonds. The topological polar surface area (TPSA) is 111 Å². The second-order valence-corrected chi connectivity index (χ2v) is 10.7. The average molecular weight is 523 g/mol. The Morgan fingerprint density at radius 3 is 2.54 bits per heavy atom. The standard InChI is InChI=1S/C26H29F3N2O6/c1-24(2,13-33)22-8-14-7-18(17(27)10-19(14)31(22)11-16(34)12-32)30-23(35)25(5-6-25)15-3-4-20-21(9-15)37-26(28,29)36-20/h3-4,7,9-10,16,22,32-34H,5-6,8,11-13H2,1-2H3,(H,30,35). The van der Waals surface area contributed by atoms with Crippen LogP contribution in [-0.2, 0) is 16.6 Å². The summed E-state index contributed by atoms with van der Waals surface area (Å²) in [6, 6.07) is 6.76. The summed E-state index contributed by atoms with van der Waals surface area (Å²) in [5, 5.41) is 32.0. The molecule has 0 bridgehead atoms. The summed E-state index contributed by atoms with van der Waals surface area (Å²) in [5.74, 6) is -1.42. The zero-order chi connectivity index (χ0) is 26.8. The van der Waals surface area contributed by atoms with Crippen molar-refractivity contribution in [1.29, 1.82) is 0 Å². The molecular weight excluding hydrogens is 493 g/mol. The number of aliphatic hydroxyl groups is 3. The highest BCUT2D eigenvalue weighted by molar-refractivity contribution is 6.02. The van der Waals surface area contributed by atoms with E-state index in [9.17, 15) is 28.9 Å². The number of β-amino-alcohol motifs (C(OH)–C–C–N with tert-alkyl or cyclic N) is 1. The van der Waals surface area contributed by atoms with E-state index in [4.69, 9.17) is 0 Å². The van der Waals surface area contributed by atoms with E-state index >= 15 is 4.39 Å². The van der Waals surface area contributed by atoms with Gasteiger partial charge in [-0.15, -0.1) is 8.78 Å². The number of hydrogen-bond acceptors (Lipinski definition) is 7. The van der Waals surface area contributed by atoms with Crippen molar-refractivity contribution in [3.8, 4) is 11.5 Å². The van der Waals surface area contributed by atoms with Gasteiger partial charge in [0.15, 0.2) is 11.5 Å². The summed E-state index contributed by atoms with van der Waals surface area (Å²) in [5.41, 5.74) is 0.103. The van der Waals surface area contributed by atoms with Crippen LogP contribution in [-0.4, -0.2) is 59.4 Å². The Morgan fingerprint density at radius 2 is 1.89 bits per heavy atom. The molecule has 2 aliphatic heterocycles. The average Bonchev–Trinajstić information content (AvgIpc) is 3.50. The van der Waals surface area contributed by atoms with E-state index in [2.05, 4.69) is 14.8 Å². The summed E-state index contributed by atoms with van der Waals surface area (Å²) in [6.07, 6.45) is -3.47. The van der Waals surface area contributed by atoms with Crippen LogP contribution < -0.4 is 19.7 Å². The lowest BCUT2D eigenvalue weighted by atomic mass is 9.83. The summed E-state index contributed by atoms with van der Waals surface area (Å²) < 4.78 is 51.0. The number of fused-ring (bicyclic) bond motifs is 2. The van der Waals surface area contributed by atoms with Gasteiger partial charge in [0.2, 0.25) is 5.91 Å². The second-order valence-electron chi connectivity index (χ2n) is 10.7. The van der Waals surface area contributed by atoms with Crippen LogP contribution in [0.5, 0.6) is 11.5 Å². The van der Waals surface area contributed by atoms with Crippen molar-refractivity contribution in [1.82, 2.24) is 0 Å². The Labute approximate surface area is 211 Å². The molecule has 2 aromatic rings. The number of carbonyl (C=O) groups is 1. The van der Waals surface area contributed by atoms with E-state index in [0.29, 0.717) is 30.5 Å². The maximum absolute atomic E-state index is 15.3. The number of hydrogen-bond donors (Lipinski definition) is 4. The third-order valence-corrected chi connectivity index (χ3v) is 7.58. The van der Waals surface area contributed by atoms with Crippen LogP contribution in [0.1, 0.15) is 37.8 Å². The van der Waals surface area contributed by atoms with E-state index in [0.717, 1.165) is 5.56 Å². The van der Waals surface area contributed by atoms with E-state index in [1.54, 1.807) is 11.0 Å². The molecule has 1 fully saturated rings. The minimum Gasteiger partial charge on any atom is -0.396 e. The summed E-state index contributed by atoms with van der Waals surface area (Å²) in [6.45, 7) is 3.16. The zero-order valence-electron chi connectivity index (χ0n) is 20.4. The minimum absolute atomic E-state index is 0.0209. The number of nitrogens with zero attached hydrogens (tertiary/aromatic N) is 1. The van der Waals surface area contributed by atoms with Gasteiger partial charge >= 0.3 is 6.29 Å². The normalized spacial score (nSPS) is 21.5. The number of halogens is 3. The summed E-state index contributed by atoms with van der Waals surface area (Å²) in [7, 11) is 0. The van der Waals surface area contributed by atoms with Gasteiger partial charge < -0.3 is 35.0 Å². The quantitative estimate of drug-likeness (QED) is 0.422. The molecule has 0 saturated heterocycles. The molecule has 2 atom stereocenters. The molecule has 0 radical (unpaired) electrons. The molecule has 3 aliphatic rings. The van der Waals surface area contributed by atoms with Crippen molar-refractivity contribution in [2.75, 3.05) is 30.0 Å². The molecule has 0 spiro atoms. The second kappa shape index (κ2) is 8.78. The van der Waals surface area contributed by atoms with Gasteiger partial charge in [0.25, 0.3) is 0 Å². The molecule has 0 aromatic heterocycles. The first-order chi connectivity index (χ1) is 17.4. The summed E-state index contributed by atoms with van der Waals surface area (Å²) in [4.78, 5) is 15.1. The zero-order valence-corrected chi connectivity index (χ0v) is 20.4. The van der Waals surface area contributed by atoms with E-state index in [-0.39, 0.29) is 36.4 Å². The molecule has 2 heterocycles. The Balaban J connectivity index is 1.40. The van der Waals surface area contributed by atoms with Crippen molar-refractivity contribution < 1.29 is 42.8 Å². The number of anilines is 2. The summed E-state index contributed by atoms with van der Waals surface area (Å²) >= 11 is 0. The Kier molecular flexibility index (Phi) is 6.08. The minimum atomic E-state index is -3.77. The fourth-order valence-electron chi connectivity index (χ4n) is 5.20. The van der Waals surface area contributed by atoms with Gasteiger partial charge in [-0.05, 0) is 54.7 Å². The van der Waals surface area contributed by atoms with Crippen molar-refractivity contribution in [2.24, 2.45) is 5.41 Å². The van der Waals surface area contributed by atoms with Crippen LogP contribution in [0.3, 0.4) is 0 Å². The number of amides is 1. The fraction of sp³-hybridized carbons (Fsp3) is 0.500. The Morgan fingerprint density at radius 1 is 1.19 bits per heavy atom. The molecular formula is C26H29F3N2O6. The van der Waals surface area contributed by atoms with Crippen molar-refractivity contribution in [2.45, 2.75) is 57.0 Å². The lowest BCUT2D eigenvalue weighted by Crippen LogP contribution is -2.48. The molecule has 1 aliphatic carbocycles. The molecule has 200 valence electrons. The van der Waals surface area contributed by atoms with Crippen LogP contribution >= 0.6 is 0 Å². The highest BCUT2D eigenvalue weighted by Crippen LogP contribution is 2.52. The Hall–Kier alpha value is -3.02. The van der Waals surface area contributed by atoms with Gasteiger partial charge in [-0.2, -0.15) is 0 Å². The van der Waals surface area contributed by atoms with Gasteiger partial charge in [-0.25, -0.2) is 4.39 Å². The highest BCUT2D eigenvalue weighted by Gasteiger charge is 2.53. The van der Waals surface area contributed by atoms with Gasteiger partial charge in [0, 0.05) is 23.7 Å². The molecule has 5 rings (SSSR count). The number of benzene rings is 2. The van der Waals surface area contributed by atoms with E-state index < -0.39 is 41.6 Å². The maximum atomic E-state index is 15.3. The van der Waals surface area contributed by atoms with Gasteiger partial charge in [0.1, 0.15) is 5.82 Å². The molecule has 4 N–H and O–H groups in total. The van der Waals surface area contributed by atoms with Crippen LogP contribution in [0.2, 0.25) is 0 Å². The molecule has 37 heavy (non-hydrogen) atoms. The predicted octanol–water partition coefficient (Wildman–Crippen LogP) is 2.92. The van der Waals surface area contributed by atoms with Crippen LogP contribution in [0.15, 0.2) is 30.3 Å². The number of ether oxygens (including phenoxy) is 2. The van der Waals surface area contributed by atoms with Crippen molar-refractivity contribution in [3.63, 3.8) is 0 Å². The van der Waals surface area contributed by atoms with Crippen LogP contribution in [0.4, 0.5) is 24.5 Å². The lowest BCUT2D eigenvalue weighted by molar-refractivity contribution is -0.286. The Bertz CT molecular complexity index is 1230. The first-order valence-corrected chi connectivity index (χ1v) is 12.1. The van der Waals surface area contributed by atoms with Gasteiger partial charge in [-0.3, -0.25) is 4.79 Å². The molecule has 2 aromatic carbocycles. The SMILES string of the molecule is CC(C)(CO)C1Cc2cc(NC(=O)C3(c4ccc5c(c4)OC(F)(F)O5)CC3)c(F)cc2N1CC(O)CO. The fourth-order valence-corrected chi connectivity index (χ4v) is 5.20. The van der Waals surface area contributed by atoms with Gasteiger partial charge in [0.05, 0.1) is 30.4 Å². The third-order valence-electron chi connectivity index (χ3n) is 7.58. The van der Waals surface area contributed by atoms with Crippen LogP contribution in [0, 0.1) is 11.2 Å². The first kappa shape index (κ1) is 25.6. The maximum Gasteiger partial charge on any atom is 0.586 e. The number of rotatable bonds is 8. The molecule has 2 unspecified atom stereocenters. The number of aliphatic hydroxyl groups excluding tert-OH is 3. The van der Waals surface area contributed by atoms with Crippen molar-refractivity contribution >= 4 is 17.3 Å². The number of nitrogens with one attached hydrogen (secondary N) is 1.